The summed E-state index contributed by atoms with van der Waals surface area (Å²) in [5, 5.41) is 5.79. The Labute approximate surface area is 184 Å². The maximum atomic E-state index is 12.3. The largest absolute Gasteiger partial charge is 0.397 e. The zero-order valence-corrected chi connectivity index (χ0v) is 18.3. The van der Waals surface area contributed by atoms with Crippen molar-refractivity contribution in [1.82, 2.24) is 10.2 Å². The molecule has 2 aromatic carbocycles. The molecule has 1 aliphatic heterocycles. The number of anilines is 3. The average molecular weight is 424 g/mol. The Bertz CT molecular complexity index is 861. The monoisotopic (exact) mass is 423 g/mol. The number of benzene rings is 2. The van der Waals surface area contributed by atoms with Crippen molar-refractivity contribution >= 4 is 28.9 Å². The van der Waals surface area contributed by atoms with Crippen LogP contribution in [0.1, 0.15) is 36.0 Å². The summed E-state index contributed by atoms with van der Waals surface area (Å²) in [6.07, 6.45) is 2.93. The highest BCUT2D eigenvalue weighted by molar-refractivity contribution is 5.94. The molecular formula is C24H33N5O2. The number of nitrogens with two attached hydrogens (primary N) is 1. The molecule has 0 unspecified atom stereocenters. The summed E-state index contributed by atoms with van der Waals surface area (Å²) in [4.78, 5) is 29.0. The first-order chi connectivity index (χ1) is 15.0. The first-order valence-electron chi connectivity index (χ1n) is 11.0. The summed E-state index contributed by atoms with van der Waals surface area (Å²) >= 11 is 0. The highest BCUT2D eigenvalue weighted by atomic mass is 16.2. The molecule has 3 rings (SSSR count). The maximum absolute atomic E-state index is 12.3. The quantitative estimate of drug-likeness (QED) is 0.426. The molecule has 31 heavy (non-hydrogen) atoms. The molecule has 0 radical (unpaired) electrons. The van der Waals surface area contributed by atoms with Crippen molar-refractivity contribution in [2.24, 2.45) is 0 Å². The number of nitrogen functional groups attached to an aromatic ring is 1. The van der Waals surface area contributed by atoms with Crippen LogP contribution in [-0.2, 0) is 4.79 Å². The lowest BCUT2D eigenvalue weighted by Gasteiger charge is -2.34. The van der Waals surface area contributed by atoms with Gasteiger partial charge in [0.05, 0.1) is 11.4 Å². The SMILES string of the molecule is CN1CCN(c2ccc(C(=O)NCCCCCC(=O)Nc3ccccc3N)cc2)CC1. The van der Waals surface area contributed by atoms with E-state index in [9.17, 15) is 9.59 Å². The predicted octanol–water partition coefficient (Wildman–Crippen LogP) is 2.95. The fraction of sp³-hybridized carbons (Fsp3) is 0.417. The molecule has 0 saturated carbocycles. The summed E-state index contributed by atoms with van der Waals surface area (Å²) in [5.41, 5.74) is 8.89. The van der Waals surface area contributed by atoms with E-state index in [1.165, 1.54) is 5.69 Å². The first kappa shape index (κ1) is 22.6. The Morgan fingerprint density at radius 1 is 0.935 bits per heavy atom. The normalized spacial score (nSPS) is 14.3. The molecule has 0 bridgehead atoms. The summed E-state index contributed by atoms with van der Waals surface area (Å²) in [6.45, 7) is 4.75. The zero-order valence-electron chi connectivity index (χ0n) is 18.3. The van der Waals surface area contributed by atoms with Gasteiger partial charge in [0.1, 0.15) is 0 Å². The van der Waals surface area contributed by atoms with Gasteiger partial charge in [-0.05, 0) is 56.3 Å². The van der Waals surface area contributed by atoms with Gasteiger partial charge in [0.2, 0.25) is 5.91 Å². The number of hydrogen-bond donors (Lipinski definition) is 3. The molecule has 0 atom stereocenters. The molecule has 0 aliphatic carbocycles. The number of nitrogens with one attached hydrogen (secondary N) is 2. The van der Waals surface area contributed by atoms with Crippen LogP contribution in [0.25, 0.3) is 0 Å². The number of amides is 2. The lowest BCUT2D eigenvalue weighted by atomic mass is 10.1. The van der Waals surface area contributed by atoms with E-state index in [0.29, 0.717) is 29.9 Å². The van der Waals surface area contributed by atoms with Crippen molar-refractivity contribution in [2.45, 2.75) is 25.7 Å². The molecule has 1 fully saturated rings. The van der Waals surface area contributed by atoms with E-state index in [1.807, 2.05) is 36.4 Å². The number of nitrogens with zero attached hydrogens (tertiary/aromatic N) is 2. The Balaban J connectivity index is 1.30. The molecule has 2 amide bonds. The van der Waals surface area contributed by atoms with Crippen LogP contribution in [0.3, 0.4) is 0 Å². The number of likely N-dealkylation sites (N-methyl/N-ethyl adjacent to an activating group) is 1. The molecule has 1 aliphatic rings. The van der Waals surface area contributed by atoms with E-state index in [-0.39, 0.29) is 11.8 Å². The van der Waals surface area contributed by atoms with Crippen molar-refractivity contribution in [3.05, 3.63) is 54.1 Å². The third-order valence-electron chi connectivity index (χ3n) is 5.60. The Morgan fingerprint density at radius 2 is 1.65 bits per heavy atom. The van der Waals surface area contributed by atoms with E-state index >= 15 is 0 Å². The molecule has 1 saturated heterocycles. The van der Waals surface area contributed by atoms with Crippen LogP contribution in [0.15, 0.2) is 48.5 Å². The minimum absolute atomic E-state index is 0.0395. The topological polar surface area (TPSA) is 90.7 Å². The second-order valence-electron chi connectivity index (χ2n) is 8.04. The van der Waals surface area contributed by atoms with Gasteiger partial charge in [-0.2, -0.15) is 0 Å². The number of unbranched alkanes of at least 4 members (excludes halogenated alkanes) is 2. The molecular weight excluding hydrogens is 390 g/mol. The molecule has 0 spiro atoms. The summed E-state index contributed by atoms with van der Waals surface area (Å²) in [7, 11) is 2.14. The van der Waals surface area contributed by atoms with E-state index < -0.39 is 0 Å². The van der Waals surface area contributed by atoms with Crippen LogP contribution in [0.5, 0.6) is 0 Å². The van der Waals surface area contributed by atoms with Gasteiger partial charge in [0.25, 0.3) is 5.91 Å². The lowest BCUT2D eigenvalue weighted by Crippen LogP contribution is -2.44. The molecule has 0 aromatic heterocycles. The highest BCUT2D eigenvalue weighted by Gasteiger charge is 2.14. The predicted molar refractivity (Wildman–Crippen MR) is 126 cm³/mol. The van der Waals surface area contributed by atoms with Gasteiger partial charge in [0.15, 0.2) is 0 Å². The van der Waals surface area contributed by atoms with Gasteiger partial charge < -0.3 is 26.2 Å². The number of hydrogen-bond acceptors (Lipinski definition) is 5. The van der Waals surface area contributed by atoms with E-state index in [0.717, 1.165) is 45.4 Å². The van der Waals surface area contributed by atoms with Crippen molar-refractivity contribution in [2.75, 3.05) is 55.7 Å². The summed E-state index contributed by atoms with van der Waals surface area (Å²) < 4.78 is 0. The Hall–Kier alpha value is -3.06. The van der Waals surface area contributed by atoms with Gasteiger partial charge in [-0.25, -0.2) is 0 Å². The smallest absolute Gasteiger partial charge is 0.251 e. The minimum atomic E-state index is -0.0535. The van der Waals surface area contributed by atoms with Crippen molar-refractivity contribution in [1.29, 1.82) is 0 Å². The maximum Gasteiger partial charge on any atom is 0.251 e. The van der Waals surface area contributed by atoms with Crippen LogP contribution >= 0.6 is 0 Å². The van der Waals surface area contributed by atoms with Crippen molar-refractivity contribution in [3.63, 3.8) is 0 Å². The minimum Gasteiger partial charge on any atom is -0.397 e. The van der Waals surface area contributed by atoms with Crippen LogP contribution in [-0.4, -0.2) is 56.5 Å². The first-order valence-corrected chi connectivity index (χ1v) is 11.0. The number of carbonyl (C=O) groups is 2. The van der Waals surface area contributed by atoms with Crippen molar-refractivity contribution in [3.8, 4) is 0 Å². The molecule has 4 N–H and O–H groups in total. The van der Waals surface area contributed by atoms with Crippen LogP contribution < -0.4 is 21.3 Å². The lowest BCUT2D eigenvalue weighted by molar-refractivity contribution is -0.116. The second kappa shape index (κ2) is 11.4. The third-order valence-corrected chi connectivity index (χ3v) is 5.60. The van der Waals surface area contributed by atoms with Gasteiger partial charge in [-0.3, -0.25) is 9.59 Å². The molecule has 1 heterocycles. The number of piperazine rings is 1. The fourth-order valence-electron chi connectivity index (χ4n) is 3.60. The number of para-hydroxylation sites is 2. The summed E-state index contributed by atoms with van der Waals surface area (Å²) in [5.74, 6) is -0.0930. The highest BCUT2D eigenvalue weighted by Crippen LogP contribution is 2.18. The van der Waals surface area contributed by atoms with E-state index in [2.05, 4.69) is 27.5 Å². The van der Waals surface area contributed by atoms with Crippen LogP contribution in [0.2, 0.25) is 0 Å². The third kappa shape index (κ3) is 7.00. The second-order valence-corrected chi connectivity index (χ2v) is 8.04. The number of carbonyl (C=O) groups excluding carboxylic acids is 2. The van der Waals surface area contributed by atoms with Gasteiger partial charge in [-0.15, -0.1) is 0 Å². The van der Waals surface area contributed by atoms with Crippen LogP contribution in [0, 0.1) is 0 Å². The fourth-order valence-corrected chi connectivity index (χ4v) is 3.60. The Kier molecular flexibility index (Phi) is 8.29. The van der Waals surface area contributed by atoms with Crippen molar-refractivity contribution < 1.29 is 9.59 Å². The Morgan fingerprint density at radius 3 is 2.35 bits per heavy atom. The van der Waals surface area contributed by atoms with Gasteiger partial charge in [-0.1, -0.05) is 18.6 Å². The molecule has 7 nitrogen and oxygen atoms in total. The molecule has 166 valence electrons. The van der Waals surface area contributed by atoms with Gasteiger partial charge >= 0.3 is 0 Å². The van der Waals surface area contributed by atoms with Gasteiger partial charge in [0, 0.05) is 50.4 Å². The standard InChI is InChI=1S/C24H33N5O2/c1-28-15-17-29(18-16-28)20-12-10-19(11-13-20)24(31)26-14-6-2-3-9-23(30)27-22-8-5-4-7-21(22)25/h4-5,7-8,10-13H,2-3,6,9,14-18,25H2,1H3,(H,26,31)(H,27,30). The zero-order chi connectivity index (χ0) is 22.1. The number of rotatable bonds is 9. The van der Waals surface area contributed by atoms with E-state index in [4.69, 9.17) is 5.73 Å². The molecule has 7 heteroatoms. The molecule has 2 aromatic rings. The van der Waals surface area contributed by atoms with E-state index in [1.54, 1.807) is 12.1 Å². The average Bonchev–Trinajstić information content (AvgIpc) is 2.78. The van der Waals surface area contributed by atoms with Crippen LogP contribution in [0.4, 0.5) is 17.1 Å². The summed E-state index contributed by atoms with van der Waals surface area (Å²) in [6, 6.07) is 15.1.